The van der Waals surface area contributed by atoms with E-state index < -0.39 is 0 Å². The van der Waals surface area contributed by atoms with Gasteiger partial charge < -0.3 is 23.5 Å². The zero-order valence-corrected chi connectivity index (χ0v) is 16.7. The van der Waals surface area contributed by atoms with Crippen LogP contribution in [0.25, 0.3) is 0 Å². The average Bonchev–Trinajstić information content (AvgIpc) is 3.12. The second-order valence-electron chi connectivity index (χ2n) is 8.14. The molecule has 7 heteroatoms. The van der Waals surface area contributed by atoms with Crippen LogP contribution < -0.4 is 5.56 Å². The van der Waals surface area contributed by atoms with E-state index in [9.17, 15) is 9.59 Å². The van der Waals surface area contributed by atoms with Gasteiger partial charge in [0, 0.05) is 50.5 Å². The van der Waals surface area contributed by atoms with Crippen molar-refractivity contribution in [3.63, 3.8) is 0 Å². The van der Waals surface area contributed by atoms with Crippen LogP contribution in [0.2, 0.25) is 0 Å². The summed E-state index contributed by atoms with van der Waals surface area (Å²) < 4.78 is 12.6. The highest BCUT2D eigenvalue weighted by atomic mass is 16.5. The number of aromatic nitrogens is 1. The first-order valence-electron chi connectivity index (χ1n) is 9.70. The number of likely N-dealkylation sites (tertiary alicyclic amines) is 1. The van der Waals surface area contributed by atoms with E-state index in [0.717, 1.165) is 17.7 Å². The van der Waals surface area contributed by atoms with Gasteiger partial charge in [0.25, 0.3) is 11.5 Å². The van der Waals surface area contributed by atoms with Crippen molar-refractivity contribution in [3.8, 4) is 0 Å². The molecule has 2 atom stereocenters. The summed E-state index contributed by atoms with van der Waals surface area (Å²) >= 11 is 0. The van der Waals surface area contributed by atoms with Crippen molar-refractivity contribution in [2.75, 3.05) is 34.3 Å². The van der Waals surface area contributed by atoms with Crippen molar-refractivity contribution in [1.29, 1.82) is 0 Å². The van der Waals surface area contributed by atoms with E-state index in [2.05, 4.69) is 6.07 Å². The number of hydrogen-bond donors (Lipinski definition) is 0. The van der Waals surface area contributed by atoms with Crippen LogP contribution in [-0.2, 0) is 24.4 Å². The zero-order chi connectivity index (χ0) is 19.8. The van der Waals surface area contributed by atoms with E-state index in [1.165, 1.54) is 0 Å². The molecule has 0 spiro atoms. The molecule has 0 aromatic carbocycles. The molecule has 7 nitrogen and oxygen atoms in total. The maximum Gasteiger partial charge on any atom is 0.289 e. The summed E-state index contributed by atoms with van der Waals surface area (Å²) in [6.07, 6.45) is 1.02. The molecule has 0 radical (unpaired) electrons. The first-order chi connectivity index (χ1) is 13.5. The fraction of sp³-hybridized carbons (Fsp3) is 0.524. The van der Waals surface area contributed by atoms with Crippen LogP contribution in [0.4, 0.5) is 0 Å². The van der Waals surface area contributed by atoms with Gasteiger partial charge in [-0.1, -0.05) is 6.07 Å². The minimum atomic E-state index is -0.0860. The van der Waals surface area contributed by atoms with Gasteiger partial charge in [0.15, 0.2) is 5.76 Å². The normalized spacial score (nSPS) is 21.1. The third-order valence-electron chi connectivity index (χ3n) is 5.62. The molecule has 0 aliphatic carbocycles. The molecule has 2 aromatic rings. The summed E-state index contributed by atoms with van der Waals surface area (Å²) in [4.78, 5) is 29.7. The van der Waals surface area contributed by atoms with Crippen LogP contribution in [0, 0.1) is 5.92 Å². The number of nitrogens with zero attached hydrogens (tertiary/aromatic N) is 3. The van der Waals surface area contributed by atoms with Crippen molar-refractivity contribution in [3.05, 3.63) is 57.4 Å². The maximum atomic E-state index is 12.9. The van der Waals surface area contributed by atoms with Crippen molar-refractivity contribution >= 4 is 5.91 Å². The lowest BCUT2D eigenvalue weighted by atomic mass is 9.83. The quantitative estimate of drug-likeness (QED) is 0.787. The molecule has 1 amide bonds. The number of carbonyl (C=O) groups is 1. The number of rotatable bonds is 5. The highest BCUT2D eigenvalue weighted by Crippen LogP contribution is 2.35. The van der Waals surface area contributed by atoms with Gasteiger partial charge in [-0.2, -0.15) is 0 Å². The SMILES string of the molecule is COCc1ccc(C(=O)N2C[C@@H]3C[C@H](C2)c2ccc(CN(C)C)c(=O)n2C3)o1. The Balaban J connectivity index is 1.56. The number of hydrogen-bond acceptors (Lipinski definition) is 5. The zero-order valence-electron chi connectivity index (χ0n) is 16.7. The van der Waals surface area contributed by atoms with Crippen LogP contribution >= 0.6 is 0 Å². The fourth-order valence-corrected chi connectivity index (χ4v) is 4.49. The minimum Gasteiger partial charge on any atom is -0.453 e. The molecule has 4 heterocycles. The Morgan fingerprint density at radius 3 is 2.79 bits per heavy atom. The minimum absolute atomic E-state index is 0.0860. The molecule has 4 rings (SSSR count). The van der Waals surface area contributed by atoms with Gasteiger partial charge in [-0.15, -0.1) is 0 Å². The maximum absolute atomic E-state index is 12.9. The lowest BCUT2D eigenvalue weighted by Crippen LogP contribution is -2.49. The summed E-state index contributed by atoms with van der Waals surface area (Å²) in [5.74, 6) is 1.39. The van der Waals surface area contributed by atoms with Crippen LogP contribution in [0.3, 0.4) is 0 Å². The van der Waals surface area contributed by atoms with Gasteiger partial charge in [-0.05, 0) is 44.6 Å². The second kappa shape index (κ2) is 7.56. The van der Waals surface area contributed by atoms with Gasteiger partial charge in [0.1, 0.15) is 12.4 Å². The summed E-state index contributed by atoms with van der Waals surface area (Å²) in [6.45, 7) is 2.93. The third-order valence-corrected chi connectivity index (χ3v) is 5.62. The summed E-state index contributed by atoms with van der Waals surface area (Å²) in [7, 11) is 5.53. The van der Waals surface area contributed by atoms with Crippen LogP contribution in [-0.4, -0.2) is 54.6 Å². The van der Waals surface area contributed by atoms with Gasteiger partial charge in [-0.25, -0.2) is 0 Å². The smallest absolute Gasteiger partial charge is 0.289 e. The predicted molar refractivity (Wildman–Crippen MR) is 104 cm³/mol. The van der Waals surface area contributed by atoms with E-state index >= 15 is 0 Å². The molecule has 28 heavy (non-hydrogen) atoms. The number of fused-ring (bicyclic) bond motifs is 4. The van der Waals surface area contributed by atoms with Crippen molar-refractivity contribution in [2.24, 2.45) is 5.92 Å². The van der Waals surface area contributed by atoms with Gasteiger partial charge >= 0.3 is 0 Å². The van der Waals surface area contributed by atoms with Crippen molar-refractivity contribution < 1.29 is 13.9 Å². The van der Waals surface area contributed by atoms with E-state index in [1.54, 1.807) is 19.2 Å². The number of ether oxygens (including phenoxy) is 1. The molecule has 1 fully saturated rings. The average molecular weight is 385 g/mol. The first kappa shape index (κ1) is 19.0. The van der Waals surface area contributed by atoms with Gasteiger partial charge in [0.2, 0.25) is 0 Å². The summed E-state index contributed by atoms with van der Waals surface area (Å²) in [5.41, 5.74) is 1.97. The second-order valence-corrected chi connectivity index (χ2v) is 8.14. The first-order valence-corrected chi connectivity index (χ1v) is 9.70. The van der Waals surface area contributed by atoms with E-state index in [4.69, 9.17) is 9.15 Å². The Bertz CT molecular complexity index is 930. The number of piperidine rings is 1. The Hall–Kier alpha value is -2.38. The summed E-state index contributed by atoms with van der Waals surface area (Å²) in [6, 6.07) is 7.51. The molecule has 1 saturated heterocycles. The van der Waals surface area contributed by atoms with Crippen LogP contribution in [0.15, 0.2) is 33.5 Å². The standard InChI is InChI=1S/C21H27N3O4/c1-22(2)11-15-4-6-18-16-8-14(10-24(18)20(15)25)9-23(12-16)21(26)19-7-5-17(28-19)13-27-3/h4-7,14,16H,8-13H2,1-3H3/t14-,16+/m0/s1. The van der Waals surface area contributed by atoms with Gasteiger partial charge in [0.05, 0.1) is 0 Å². The van der Waals surface area contributed by atoms with Crippen LogP contribution in [0.5, 0.6) is 0 Å². The topological polar surface area (TPSA) is 67.9 Å². The van der Waals surface area contributed by atoms with E-state index in [0.29, 0.717) is 44.3 Å². The number of pyridine rings is 1. The molecule has 2 bridgehead atoms. The third kappa shape index (κ3) is 3.52. The molecule has 2 aromatic heterocycles. The number of methoxy groups -OCH3 is 1. The van der Waals surface area contributed by atoms with Gasteiger partial charge in [-0.3, -0.25) is 9.59 Å². The molecule has 0 saturated carbocycles. The summed E-state index contributed by atoms with van der Waals surface area (Å²) in [5, 5.41) is 0. The Morgan fingerprint density at radius 2 is 2.04 bits per heavy atom. The highest BCUT2D eigenvalue weighted by molar-refractivity contribution is 5.91. The fourth-order valence-electron chi connectivity index (χ4n) is 4.49. The van der Waals surface area contributed by atoms with Crippen molar-refractivity contribution in [2.45, 2.75) is 32.0 Å². The Labute approximate surface area is 164 Å². The Morgan fingerprint density at radius 1 is 1.21 bits per heavy atom. The monoisotopic (exact) mass is 385 g/mol. The molecule has 0 unspecified atom stereocenters. The molecule has 2 aliphatic rings. The molecular formula is C21H27N3O4. The Kier molecular flexibility index (Phi) is 5.12. The van der Waals surface area contributed by atoms with E-state index in [1.807, 2.05) is 34.5 Å². The molecule has 0 N–H and O–H groups in total. The lowest BCUT2D eigenvalue weighted by molar-refractivity contribution is 0.0557. The van der Waals surface area contributed by atoms with Crippen LogP contribution in [0.1, 0.15) is 39.9 Å². The highest BCUT2D eigenvalue weighted by Gasteiger charge is 2.37. The number of carbonyl (C=O) groups excluding carboxylic acids is 1. The number of amides is 1. The molecular weight excluding hydrogens is 358 g/mol. The lowest BCUT2D eigenvalue weighted by Gasteiger charge is -2.42. The largest absolute Gasteiger partial charge is 0.453 e. The number of furan rings is 1. The van der Waals surface area contributed by atoms with E-state index in [-0.39, 0.29) is 23.3 Å². The predicted octanol–water partition coefficient (Wildman–Crippen LogP) is 1.91. The molecule has 150 valence electrons. The van der Waals surface area contributed by atoms with Crippen molar-refractivity contribution in [1.82, 2.24) is 14.4 Å². The molecule has 2 aliphatic heterocycles.